The number of carbonyl (C=O) groups excluding carboxylic acids is 1. The molecule has 0 aliphatic heterocycles. The van der Waals surface area contributed by atoms with Crippen LogP contribution in [0.5, 0.6) is 0 Å². The van der Waals surface area contributed by atoms with E-state index in [0.29, 0.717) is 6.04 Å². The quantitative estimate of drug-likeness (QED) is 0.872. The van der Waals surface area contributed by atoms with E-state index in [2.05, 4.69) is 5.32 Å². The lowest BCUT2D eigenvalue weighted by Gasteiger charge is -2.23. The average Bonchev–Trinajstić information content (AvgIpc) is 2.75. The maximum Gasteiger partial charge on any atom is 0.254 e. The first-order valence-electron chi connectivity index (χ1n) is 7.46. The van der Waals surface area contributed by atoms with Gasteiger partial charge >= 0.3 is 0 Å². The number of hydrogen-bond acceptors (Lipinski definition) is 3. The van der Waals surface area contributed by atoms with Gasteiger partial charge in [0.1, 0.15) is 0 Å². The van der Waals surface area contributed by atoms with Crippen molar-refractivity contribution in [2.75, 3.05) is 5.73 Å². The van der Waals surface area contributed by atoms with Crippen LogP contribution in [0, 0.1) is 0 Å². The van der Waals surface area contributed by atoms with E-state index >= 15 is 0 Å². The van der Waals surface area contributed by atoms with Gasteiger partial charge in [-0.15, -0.1) is 11.3 Å². The Hall–Kier alpha value is -1.03. The molecule has 1 aromatic rings. The molecule has 0 bridgehead atoms. The smallest absolute Gasteiger partial charge is 0.254 e. The van der Waals surface area contributed by atoms with Gasteiger partial charge in [-0.1, -0.05) is 19.3 Å². The zero-order valence-electron chi connectivity index (χ0n) is 11.3. The van der Waals surface area contributed by atoms with Gasteiger partial charge in [0, 0.05) is 10.9 Å². The molecule has 19 heavy (non-hydrogen) atoms. The van der Waals surface area contributed by atoms with Gasteiger partial charge in [-0.2, -0.15) is 0 Å². The minimum absolute atomic E-state index is 0.0730. The Balaban J connectivity index is 1.77. The van der Waals surface area contributed by atoms with Crippen molar-refractivity contribution in [3.05, 3.63) is 16.0 Å². The van der Waals surface area contributed by atoms with E-state index in [9.17, 15) is 4.79 Å². The maximum atomic E-state index is 12.5. The second kappa shape index (κ2) is 5.53. The van der Waals surface area contributed by atoms with E-state index in [1.54, 1.807) is 11.3 Å². The standard InChI is InChI=1S/C15H22N2OS/c16-14-13(11-8-4-5-9-12(11)19-14)15(18)17-10-6-2-1-3-7-10/h10H,1-9,16H2,(H,17,18). The highest BCUT2D eigenvalue weighted by Gasteiger charge is 2.25. The summed E-state index contributed by atoms with van der Waals surface area (Å²) in [7, 11) is 0. The fraction of sp³-hybridized carbons (Fsp3) is 0.667. The second-order valence-corrected chi connectivity index (χ2v) is 6.90. The molecule has 4 heteroatoms. The van der Waals surface area contributed by atoms with Crippen molar-refractivity contribution in [1.82, 2.24) is 5.32 Å². The van der Waals surface area contributed by atoms with Crippen molar-refractivity contribution in [3.8, 4) is 0 Å². The molecule has 1 saturated carbocycles. The lowest BCUT2D eigenvalue weighted by atomic mass is 9.93. The number of hydrogen-bond donors (Lipinski definition) is 2. The number of carbonyl (C=O) groups is 1. The number of nitrogen functional groups attached to an aromatic ring is 1. The van der Waals surface area contributed by atoms with Crippen LogP contribution in [0.15, 0.2) is 0 Å². The minimum Gasteiger partial charge on any atom is -0.390 e. The Bertz CT molecular complexity index is 475. The van der Waals surface area contributed by atoms with Crippen LogP contribution in [0.3, 0.4) is 0 Å². The highest BCUT2D eigenvalue weighted by molar-refractivity contribution is 7.16. The van der Waals surface area contributed by atoms with Crippen LogP contribution in [-0.4, -0.2) is 11.9 Å². The zero-order chi connectivity index (χ0) is 13.2. The lowest BCUT2D eigenvalue weighted by Crippen LogP contribution is -2.36. The Morgan fingerprint density at radius 3 is 2.63 bits per heavy atom. The van der Waals surface area contributed by atoms with Crippen LogP contribution in [0.4, 0.5) is 5.00 Å². The molecule has 3 N–H and O–H groups in total. The molecule has 104 valence electrons. The number of aryl methyl sites for hydroxylation is 1. The average molecular weight is 278 g/mol. The van der Waals surface area contributed by atoms with E-state index in [4.69, 9.17) is 5.73 Å². The number of amides is 1. The molecule has 0 aromatic carbocycles. The predicted molar refractivity (Wildman–Crippen MR) is 79.7 cm³/mol. The molecule has 3 rings (SSSR count). The third kappa shape index (κ3) is 2.64. The molecule has 1 amide bonds. The number of nitrogens with two attached hydrogens (primary N) is 1. The second-order valence-electron chi connectivity index (χ2n) is 5.76. The van der Waals surface area contributed by atoms with Gasteiger partial charge in [0.2, 0.25) is 0 Å². The molecule has 1 heterocycles. The number of anilines is 1. The first-order chi connectivity index (χ1) is 9.25. The molecule has 0 spiro atoms. The van der Waals surface area contributed by atoms with Crippen molar-refractivity contribution >= 4 is 22.2 Å². The number of rotatable bonds is 2. The Morgan fingerprint density at radius 2 is 1.84 bits per heavy atom. The normalized spacial score (nSPS) is 20.0. The molecule has 2 aliphatic carbocycles. The van der Waals surface area contributed by atoms with Crippen molar-refractivity contribution in [2.45, 2.75) is 63.8 Å². The molecule has 0 radical (unpaired) electrons. The van der Waals surface area contributed by atoms with Gasteiger partial charge in [-0.05, 0) is 44.1 Å². The van der Waals surface area contributed by atoms with Crippen molar-refractivity contribution in [1.29, 1.82) is 0 Å². The van der Waals surface area contributed by atoms with Crippen LogP contribution in [0.1, 0.15) is 65.7 Å². The van der Waals surface area contributed by atoms with E-state index in [1.807, 2.05) is 0 Å². The van der Waals surface area contributed by atoms with Crippen LogP contribution >= 0.6 is 11.3 Å². The van der Waals surface area contributed by atoms with E-state index in [1.165, 1.54) is 42.5 Å². The molecule has 0 saturated heterocycles. The maximum absolute atomic E-state index is 12.5. The third-order valence-corrected chi connectivity index (χ3v) is 5.49. The number of nitrogens with one attached hydrogen (secondary N) is 1. The molecular weight excluding hydrogens is 256 g/mol. The van der Waals surface area contributed by atoms with Gasteiger partial charge in [0.25, 0.3) is 5.91 Å². The fourth-order valence-electron chi connectivity index (χ4n) is 3.34. The van der Waals surface area contributed by atoms with Crippen LogP contribution in [0.2, 0.25) is 0 Å². The van der Waals surface area contributed by atoms with Gasteiger partial charge in [-0.3, -0.25) is 4.79 Å². The molecule has 2 aliphatic rings. The number of fused-ring (bicyclic) bond motifs is 1. The first kappa shape index (κ1) is 13.0. The summed E-state index contributed by atoms with van der Waals surface area (Å²) in [6, 6.07) is 0.361. The van der Waals surface area contributed by atoms with Crippen molar-refractivity contribution in [2.24, 2.45) is 0 Å². The topological polar surface area (TPSA) is 55.1 Å². The molecule has 0 atom stereocenters. The summed E-state index contributed by atoms with van der Waals surface area (Å²) < 4.78 is 0. The first-order valence-corrected chi connectivity index (χ1v) is 8.28. The highest BCUT2D eigenvalue weighted by atomic mass is 32.1. The monoisotopic (exact) mass is 278 g/mol. The third-order valence-electron chi connectivity index (χ3n) is 4.37. The Kier molecular flexibility index (Phi) is 3.78. The molecule has 3 nitrogen and oxygen atoms in total. The summed E-state index contributed by atoms with van der Waals surface area (Å²) in [5, 5.41) is 3.92. The van der Waals surface area contributed by atoms with E-state index < -0.39 is 0 Å². The largest absolute Gasteiger partial charge is 0.390 e. The van der Waals surface area contributed by atoms with Crippen LogP contribution in [0.25, 0.3) is 0 Å². The molecule has 1 aromatic heterocycles. The van der Waals surface area contributed by atoms with Crippen molar-refractivity contribution < 1.29 is 4.79 Å². The summed E-state index contributed by atoms with van der Waals surface area (Å²) in [4.78, 5) is 13.8. The van der Waals surface area contributed by atoms with Gasteiger partial charge in [0.05, 0.1) is 10.6 Å². The van der Waals surface area contributed by atoms with Crippen LogP contribution < -0.4 is 11.1 Å². The fourth-order valence-corrected chi connectivity index (χ4v) is 4.50. The highest BCUT2D eigenvalue weighted by Crippen LogP contribution is 2.36. The minimum atomic E-state index is 0.0730. The van der Waals surface area contributed by atoms with Gasteiger partial charge in [-0.25, -0.2) is 0 Å². The van der Waals surface area contributed by atoms with Crippen molar-refractivity contribution in [3.63, 3.8) is 0 Å². The summed E-state index contributed by atoms with van der Waals surface area (Å²) in [6.45, 7) is 0. The molecule has 0 unspecified atom stereocenters. The number of thiophene rings is 1. The lowest BCUT2D eigenvalue weighted by molar-refractivity contribution is 0.0928. The molecular formula is C15H22N2OS. The summed E-state index contributed by atoms with van der Waals surface area (Å²) in [6.07, 6.45) is 10.6. The van der Waals surface area contributed by atoms with E-state index in [0.717, 1.165) is 36.2 Å². The SMILES string of the molecule is Nc1sc2c(c1C(=O)NC1CCCCC1)CCCC2. The summed E-state index contributed by atoms with van der Waals surface area (Å²) >= 11 is 1.62. The van der Waals surface area contributed by atoms with E-state index in [-0.39, 0.29) is 5.91 Å². The Morgan fingerprint density at radius 1 is 1.11 bits per heavy atom. The predicted octanol–water partition coefficient (Wildman–Crippen LogP) is 3.27. The van der Waals surface area contributed by atoms with Gasteiger partial charge < -0.3 is 11.1 Å². The zero-order valence-corrected chi connectivity index (χ0v) is 12.2. The summed E-state index contributed by atoms with van der Waals surface area (Å²) in [5.74, 6) is 0.0730. The van der Waals surface area contributed by atoms with Gasteiger partial charge in [0.15, 0.2) is 0 Å². The Labute approximate surface area is 118 Å². The summed E-state index contributed by atoms with van der Waals surface area (Å²) in [5.41, 5.74) is 8.12. The van der Waals surface area contributed by atoms with Crippen LogP contribution in [-0.2, 0) is 12.8 Å². The molecule has 1 fully saturated rings.